The van der Waals surface area contributed by atoms with Gasteiger partial charge in [0.25, 0.3) is 0 Å². The van der Waals surface area contributed by atoms with Crippen molar-refractivity contribution < 1.29 is 0 Å². The summed E-state index contributed by atoms with van der Waals surface area (Å²) in [5, 5.41) is 8.66. The zero-order valence-electron chi connectivity index (χ0n) is 10.7. The van der Waals surface area contributed by atoms with E-state index in [-0.39, 0.29) is 0 Å². The highest BCUT2D eigenvalue weighted by atomic mass is 32.1. The smallest absolute Gasteiger partial charge is 0.112 e. The molecule has 1 aliphatic rings. The summed E-state index contributed by atoms with van der Waals surface area (Å²) in [5.74, 6) is 0. The van der Waals surface area contributed by atoms with Crippen molar-refractivity contribution in [1.82, 2.24) is 4.98 Å². The van der Waals surface area contributed by atoms with Crippen molar-refractivity contribution in [2.75, 3.05) is 0 Å². The summed E-state index contributed by atoms with van der Waals surface area (Å²) in [5.41, 5.74) is 9.86. The van der Waals surface area contributed by atoms with Gasteiger partial charge in [0.05, 0.1) is 11.8 Å². The first-order valence-electron chi connectivity index (χ1n) is 6.04. The minimum Gasteiger partial charge on any atom is -0.398 e. The van der Waals surface area contributed by atoms with Gasteiger partial charge in [0.1, 0.15) is 4.64 Å². The van der Waals surface area contributed by atoms with Crippen molar-refractivity contribution >= 4 is 17.9 Å². The Morgan fingerprint density at radius 3 is 3.00 bits per heavy atom. The van der Waals surface area contributed by atoms with Crippen LogP contribution in [0, 0.1) is 21.4 Å². The molecule has 1 aliphatic carbocycles. The molecule has 0 radical (unpaired) electrons. The monoisotopic (exact) mass is 259 g/mol. The van der Waals surface area contributed by atoms with Crippen molar-refractivity contribution in [2.24, 2.45) is 11.1 Å². The standard InChI is InChI=1S/C14H17N3S/c1-14(2)5-3-12-9(8-14)7-10(13(18)17-12)11(16)4-6-15/h4,7H,3,5,8,16H2,1-2H3,(H,17,18)/b11-4-. The van der Waals surface area contributed by atoms with E-state index >= 15 is 0 Å². The molecule has 0 aromatic carbocycles. The van der Waals surface area contributed by atoms with Gasteiger partial charge in [-0.15, -0.1) is 0 Å². The predicted octanol–water partition coefficient (Wildman–Crippen LogP) is 3.08. The lowest BCUT2D eigenvalue weighted by Gasteiger charge is -2.31. The maximum absolute atomic E-state index is 8.66. The minimum absolute atomic E-state index is 0.314. The van der Waals surface area contributed by atoms with E-state index in [4.69, 9.17) is 23.2 Å². The molecule has 0 unspecified atom stereocenters. The van der Waals surface area contributed by atoms with Gasteiger partial charge in [0.2, 0.25) is 0 Å². The third-order valence-corrected chi connectivity index (χ3v) is 3.79. The van der Waals surface area contributed by atoms with E-state index in [1.54, 1.807) is 0 Å². The molecule has 0 spiro atoms. The zero-order valence-corrected chi connectivity index (χ0v) is 11.5. The number of H-pyrrole nitrogens is 1. The number of hydrogen-bond donors (Lipinski definition) is 2. The van der Waals surface area contributed by atoms with Crippen LogP contribution < -0.4 is 5.73 Å². The van der Waals surface area contributed by atoms with Crippen LogP contribution in [0.4, 0.5) is 0 Å². The number of hydrogen-bond acceptors (Lipinski definition) is 3. The number of nitrogens with two attached hydrogens (primary N) is 1. The lowest BCUT2D eigenvalue weighted by atomic mass is 9.76. The number of allylic oxidation sites excluding steroid dienone is 1. The van der Waals surface area contributed by atoms with Gasteiger partial charge in [-0.1, -0.05) is 26.1 Å². The fourth-order valence-corrected chi connectivity index (χ4v) is 2.72. The highest BCUT2D eigenvalue weighted by molar-refractivity contribution is 7.71. The van der Waals surface area contributed by atoms with Gasteiger partial charge in [-0.25, -0.2) is 0 Å². The molecule has 3 nitrogen and oxygen atoms in total. The summed E-state index contributed by atoms with van der Waals surface area (Å²) in [6.07, 6.45) is 4.53. The van der Waals surface area contributed by atoms with Crippen LogP contribution in [-0.2, 0) is 12.8 Å². The molecule has 0 saturated carbocycles. The summed E-state index contributed by atoms with van der Waals surface area (Å²) < 4.78 is 0.623. The Labute approximate surface area is 112 Å². The maximum atomic E-state index is 8.66. The molecule has 94 valence electrons. The molecular weight excluding hydrogens is 242 g/mol. The first-order valence-corrected chi connectivity index (χ1v) is 6.44. The first-order chi connectivity index (χ1) is 8.43. The van der Waals surface area contributed by atoms with Crippen LogP contribution in [0.3, 0.4) is 0 Å². The molecule has 3 N–H and O–H groups in total. The fraction of sp³-hybridized carbons (Fsp3) is 0.429. The second-order valence-corrected chi connectivity index (χ2v) is 5.99. The SMILES string of the molecule is CC1(C)CCc2[nH]c(=S)c(/C(N)=C/C#N)cc2C1. The largest absolute Gasteiger partial charge is 0.398 e. The van der Waals surface area contributed by atoms with Gasteiger partial charge in [0, 0.05) is 17.3 Å². The van der Waals surface area contributed by atoms with Crippen molar-refractivity contribution in [3.8, 4) is 6.07 Å². The van der Waals surface area contributed by atoms with Gasteiger partial charge in [-0.05, 0) is 36.3 Å². The van der Waals surface area contributed by atoms with Gasteiger partial charge in [0.15, 0.2) is 0 Å². The summed E-state index contributed by atoms with van der Waals surface area (Å²) in [7, 11) is 0. The van der Waals surface area contributed by atoms with Crippen LogP contribution in [0.2, 0.25) is 0 Å². The molecule has 1 heterocycles. The maximum Gasteiger partial charge on any atom is 0.112 e. The zero-order chi connectivity index (χ0) is 13.3. The third-order valence-electron chi connectivity index (χ3n) is 3.47. The summed E-state index contributed by atoms with van der Waals surface area (Å²) in [6.45, 7) is 4.54. The summed E-state index contributed by atoms with van der Waals surface area (Å²) in [6, 6.07) is 3.98. The van der Waals surface area contributed by atoms with E-state index in [1.165, 1.54) is 17.3 Å². The number of rotatable bonds is 1. The van der Waals surface area contributed by atoms with Gasteiger partial charge >= 0.3 is 0 Å². The minimum atomic E-state index is 0.314. The van der Waals surface area contributed by atoms with Crippen LogP contribution in [-0.4, -0.2) is 4.98 Å². The molecule has 18 heavy (non-hydrogen) atoms. The Bertz CT molecular complexity index is 602. The summed E-state index contributed by atoms with van der Waals surface area (Å²) >= 11 is 5.30. The number of fused-ring (bicyclic) bond motifs is 1. The Morgan fingerprint density at radius 2 is 2.33 bits per heavy atom. The Balaban J connectivity index is 2.52. The number of aromatic amines is 1. The molecule has 0 fully saturated rings. The normalized spacial score (nSPS) is 17.9. The van der Waals surface area contributed by atoms with E-state index in [1.807, 2.05) is 12.1 Å². The van der Waals surface area contributed by atoms with Crippen LogP contribution in [0.5, 0.6) is 0 Å². The number of aromatic nitrogens is 1. The van der Waals surface area contributed by atoms with E-state index in [9.17, 15) is 0 Å². The predicted molar refractivity (Wildman–Crippen MR) is 75.2 cm³/mol. The molecule has 1 aromatic heterocycles. The quantitative estimate of drug-likeness (QED) is 0.601. The van der Waals surface area contributed by atoms with E-state index in [0.717, 1.165) is 24.8 Å². The summed E-state index contributed by atoms with van der Waals surface area (Å²) in [4.78, 5) is 3.26. The van der Waals surface area contributed by atoms with Crippen LogP contribution >= 0.6 is 12.2 Å². The number of nitrogens with zero attached hydrogens (tertiary/aromatic N) is 1. The molecule has 0 atom stereocenters. The van der Waals surface area contributed by atoms with Crippen molar-refractivity contribution in [3.63, 3.8) is 0 Å². The third kappa shape index (κ3) is 2.46. The second-order valence-electron chi connectivity index (χ2n) is 5.59. The topological polar surface area (TPSA) is 65.6 Å². The van der Waals surface area contributed by atoms with Crippen LogP contribution in [0.1, 0.15) is 37.1 Å². The molecule has 0 bridgehead atoms. The number of aryl methyl sites for hydroxylation is 1. The van der Waals surface area contributed by atoms with Gasteiger partial charge in [-0.2, -0.15) is 5.26 Å². The Hall–Kier alpha value is -1.60. The molecule has 4 heteroatoms. The molecule has 0 amide bonds. The fourth-order valence-electron chi connectivity index (χ4n) is 2.42. The molecule has 2 rings (SSSR count). The Morgan fingerprint density at radius 1 is 1.61 bits per heavy atom. The van der Waals surface area contributed by atoms with Gasteiger partial charge in [-0.3, -0.25) is 0 Å². The highest BCUT2D eigenvalue weighted by Gasteiger charge is 2.26. The number of nitrogens with one attached hydrogen (secondary N) is 1. The van der Waals surface area contributed by atoms with Gasteiger partial charge < -0.3 is 10.7 Å². The van der Waals surface area contributed by atoms with Crippen molar-refractivity contribution in [2.45, 2.75) is 33.1 Å². The van der Waals surface area contributed by atoms with Crippen molar-refractivity contribution in [3.05, 3.63) is 33.6 Å². The Kier molecular flexibility index (Phi) is 3.27. The average molecular weight is 259 g/mol. The molecule has 0 saturated heterocycles. The second kappa shape index (κ2) is 4.58. The number of pyridine rings is 1. The molecule has 1 aromatic rings. The van der Waals surface area contributed by atoms with E-state index in [2.05, 4.69) is 18.8 Å². The van der Waals surface area contributed by atoms with E-state index in [0.29, 0.717) is 15.8 Å². The average Bonchev–Trinajstić information content (AvgIpc) is 2.28. The lowest BCUT2D eigenvalue weighted by Crippen LogP contribution is -2.23. The van der Waals surface area contributed by atoms with Crippen molar-refractivity contribution in [1.29, 1.82) is 5.26 Å². The molecule has 0 aliphatic heterocycles. The van der Waals surface area contributed by atoms with Crippen LogP contribution in [0.15, 0.2) is 12.1 Å². The number of nitriles is 1. The highest BCUT2D eigenvalue weighted by Crippen LogP contribution is 2.34. The lowest BCUT2D eigenvalue weighted by molar-refractivity contribution is 0.312. The van der Waals surface area contributed by atoms with Crippen LogP contribution in [0.25, 0.3) is 5.70 Å². The molecular formula is C14H17N3S. The van der Waals surface area contributed by atoms with E-state index < -0.39 is 0 Å². The first kappa shape index (κ1) is 12.8.